The molecule has 2 heterocycles. The number of aliphatic hydroxyl groups is 3. The fourth-order valence-electron chi connectivity index (χ4n) is 5.03. The van der Waals surface area contributed by atoms with Gasteiger partial charge in [-0.1, -0.05) is 51.7 Å². The Hall–Kier alpha value is -3.31. The maximum atomic E-state index is 13.2. The second-order valence-corrected chi connectivity index (χ2v) is 10.5. The first-order valence-electron chi connectivity index (χ1n) is 14.4. The first-order chi connectivity index (χ1) is 19.8. The molecule has 1 saturated heterocycles. The van der Waals surface area contributed by atoms with Crippen LogP contribution in [0, 0.1) is 0 Å². The summed E-state index contributed by atoms with van der Waals surface area (Å²) >= 11 is 0. The summed E-state index contributed by atoms with van der Waals surface area (Å²) in [5.74, 6) is -0.443. The van der Waals surface area contributed by atoms with Crippen molar-refractivity contribution in [3.63, 3.8) is 0 Å². The Morgan fingerprint density at radius 1 is 0.927 bits per heavy atom. The second kappa shape index (κ2) is 14.0. The Morgan fingerprint density at radius 2 is 1.59 bits per heavy atom. The van der Waals surface area contributed by atoms with E-state index in [2.05, 4.69) is 23.6 Å². The van der Waals surface area contributed by atoms with E-state index in [0.29, 0.717) is 16.5 Å². The normalized spacial score (nSPS) is 22.5. The van der Waals surface area contributed by atoms with Gasteiger partial charge in [0.05, 0.1) is 23.6 Å². The fourth-order valence-corrected chi connectivity index (χ4v) is 5.03. The van der Waals surface area contributed by atoms with Gasteiger partial charge in [-0.05, 0) is 61.1 Å². The van der Waals surface area contributed by atoms with E-state index in [0.717, 1.165) is 69.6 Å². The van der Waals surface area contributed by atoms with E-state index < -0.39 is 36.7 Å². The molecule has 2 unspecified atom stereocenters. The zero-order chi connectivity index (χ0) is 29.5. The van der Waals surface area contributed by atoms with Crippen molar-refractivity contribution < 1.29 is 34.3 Å². The van der Waals surface area contributed by atoms with Crippen LogP contribution >= 0.6 is 0 Å². The molecule has 4 N–H and O–H groups in total. The molecule has 10 heteroatoms. The first kappa shape index (κ1) is 30.6. The molecule has 4 rings (SSSR count). The number of carbonyl (C=O) groups is 1. The molecule has 41 heavy (non-hydrogen) atoms. The third-order valence-electron chi connectivity index (χ3n) is 7.45. The quantitative estimate of drug-likeness (QED) is 0.190. The van der Waals surface area contributed by atoms with Crippen molar-refractivity contribution in [2.75, 3.05) is 7.11 Å². The van der Waals surface area contributed by atoms with Gasteiger partial charge in [0, 0.05) is 0 Å². The third kappa shape index (κ3) is 7.13. The van der Waals surface area contributed by atoms with Gasteiger partial charge >= 0.3 is 5.97 Å². The average Bonchev–Trinajstić information content (AvgIpc) is 2.98. The average molecular weight is 569 g/mol. The Balaban J connectivity index is 1.71. The van der Waals surface area contributed by atoms with E-state index in [1.807, 2.05) is 30.3 Å². The Kier molecular flexibility index (Phi) is 10.5. The second-order valence-electron chi connectivity index (χ2n) is 10.5. The van der Waals surface area contributed by atoms with Crippen molar-refractivity contribution in [1.29, 1.82) is 0 Å². The van der Waals surface area contributed by atoms with Crippen LogP contribution in [0.3, 0.4) is 0 Å². The minimum Gasteiger partial charge on any atom is -0.467 e. The van der Waals surface area contributed by atoms with E-state index >= 15 is 0 Å². The highest BCUT2D eigenvalue weighted by molar-refractivity contribution is 5.81. The number of aryl methyl sites for hydroxylation is 2. The molecule has 0 saturated carbocycles. The summed E-state index contributed by atoms with van der Waals surface area (Å²) in [4.78, 5) is 33.0. The Bertz CT molecular complexity index is 1390. The molecule has 1 aromatic heterocycles. The van der Waals surface area contributed by atoms with Crippen LogP contribution in [0.15, 0.2) is 41.2 Å². The highest BCUT2D eigenvalue weighted by Gasteiger charge is 2.48. The van der Waals surface area contributed by atoms with Crippen LogP contribution < -0.4 is 10.3 Å². The van der Waals surface area contributed by atoms with Crippen molar-refractivity contribution >= 4 is 16.9 Å². The van der Waals surface area contributed by atoms with E-state index in [1.165, 1.54) is 0 Å². The molecular formula is C31H40N2O8. The molecule has 10 nitrogen and oxygen atoms in total. The van der Waals surface area contributed by atoms with Gasteiger partial charge in [0.15, 0.2) is 6.10 Å². The van der Waals surface area contributed by atoms with Gasteiger partial charge in [-0.15, -0.1) is 0 Å². The fraction of sp³-hybridized carbons (Fsp3) is 0.516. The summed E-state index contributed by atoms with van der Waals surface area (Å²) in [6.45, 7) is 4.28. The molecule has 1 aliphatic heterocycles. The number of esters is 1. The number of methoxy groups -OCH3 is 1. The number of nitrogens with one attached hydrogen (secondary N) is 1. The number of H-pyrrole nitrogens is 1. The zero-order valence-corrected chi connectivity index (χ0v) is 23.8. The van der Waals surface area contributed by atoms with Crippen LogP contribution in [-0.2, 0) is 27.1 Å². The van der Waals surface area contributed by atoms with Gasteiger partial charge in [-0.2, -0.15) is 0 Å². The number of hydrogen-bond donors (Lipinski definition) is 4. The van der Waals surface area contributed by atoms with Crippen LogP contribution in [0.5, 0.6) is 5.75 Å². The molecule has 0 spiro atoms. The minimum atomic E-state index is -1.72. The smallest absolute Gasteiger partial charge is 0.337 e. The standard InChI is InChI=1S/C31H40N2O8/c1-4-6-8-10-18-12-14-22-20(16-18)29(37)33-28(32-22)21-17-19(11-9-7-5-2)13-15-23(21)40-31-26(36)24(34)25(35)27(41-31)30(38)39-3/h12-17,24-27,31,34-36H,4-11H2,1-3H3,(H,32,33,37)/t24-,25+,26?,27?,31+/m0/s1. The summed E-state index contributed by atoms with van der Waals surface area (Å²) in [5, 5.41) is 31.7. The third-order valence-corrected chi connectivity index (χ3v) is 7.45. The Morgan fingerprint density at radius 3 is 2.24 bits per heavy atom. The number of ether oxygens (including phenoxy) is 3. The van der Waals surface area contributed by atoms with Crippen LogP contribution in [0.4, 0.5) is 0 Å². The molecule has 1 aliphatic rings. The number of hydrogen-bond acceptors (Lipinski definition) is 9. The van der Waals surface area contributed by atoms with E-state index in [1.54, 1.807) is 6.07 Å². The van der Waals surface area contributed by atoms with Gasteiger partial charge in [-0.25, -0.2) is 9.78 Å². The van der Waals surface area contributed by atoms with Crippen LogP contribution in [0.2, 0.25) is 0 Å². The SMILES string of the molecule is CCCCCc1ccc(O[C@@H]2OC(C(=O)OC)[C@H](O)[C@H](O)C2O)c(-c2nc3ccc(CCCCC)cc3c(=O)[nH]2)c1. The van der Waals surface area contributed by atoms with Gasteiger partial charge in [-0.3, -0.25) is 4.79 Å². The van der Waals surface area contributed by atoms with Crippen LogP contribution in [-0.4, -0.2) is 69.1 Å². The monoisotopic (exact) mass is 568 g/mol. The molecule has 5 atom stereocenters. The molecule has 3 aromatic rings. The number of rotatable bonds is 12. The molecule has 2 aromatic carbocycles. The lowest BCUT2D eigenvalue weighted by atomic mass is 9.98. The summed E-state index contributed by atoms with van der Waals surface area (Å²) in [7, 11) is 1.12. The lowest BCUT2D eigenvalue weighted by molar-refractivity contribution is -0.271. The minimum absolute atomic E-state index is 0.208. The predicted molar refractivity (Wildman–Crippen MR) is 154 cm³/mol. The van der Waals surface area contributed by atoms with Crippen molar-refractivity contribution in [3.8, 4) is 17.1 Å². The molecule has 0 aliphatic carbocycles. The molecule has 0 bridgehead atoms. The number of aliphatic hydroxyl groups excluding tert-OH is 3. The number of unbranched alkanes of at least 4 members (excludes halogenated alkanes) is 4. The number of aromatic amines is 1. The number of benzene rings is 2. The van der Waals surface area contributed by atoms with E-state index in [9.17, 15) is 24.9 Å². The van der Waals surface area contributed by atoms with Gasteiger partial charge in [0.2, 0.25) is 6.29 Å². The van der Waals surface area contributed by atoms with Crippen molar-refractivity contribution in [3.05, 3.63) is 57.9 Å². The lowest BCUT2D eigenvalue weighted by Gasteiger charge is -2.39. The highest BCUT2D eigenvalue weighted by Crippen LogP contribution is 2.33. The number of nitrogens with zero attached hydrogens (tertiary/aromatic N) is 1. The summed E-state index contributed by atoms with van der Waals surface area (Å²) in [6.07, 6.45) is -0.0753. The van der Waals surface area contributed by atoms with E-state index in [4.69, 9.17) is 14.5 Å². The summed E-state index contributed by atoms with van der Waals surface area (Å²) in [6, 6.07) is 11.1. The Labute approximate surface area is 239 Å². The van der Waals surface area contributed by atoms with Crippen molar-refractivity contribution in [2.24, 2.45) is 0 Å². The summed E-state index contributed by atoms with van der Waals surface area (Å²) < 4.78 is 16.2. The lowest BCUT2D eigenvalue weighted by Crippen LogP contribution is -2.61. The largest absolute Gasteiger partial charge is 0.467 e. The number of aromatic nitrogens is 2. The first-order valence-corrected chi connectivity index (χ1v) is 14.4. The number of fused-ring (bicyclic) bond motifs is 1. The van der Waals surface area contributed by atoms with E-state index in [-0.39, 0.29) is 17.1 Å². The highest BCUT2D eigenvalue weighted by atomic mass is 16.7. The van der Waals surface area contributed by atoms with Crippen LogP contribution in [0.1, 0.15) is 63.5 Å². The molecule has 222 valence electrons. The van der Waals surface area contributed by atoms with Crippen molar-refractivity contribution in [2.45, 2.75) is 95.9 Å². The molecule has 0 amide bonds. The predicted octanol–water partition coefficient (Wildman–Crippen LogP) is 3.41. The van der Waals surface area contributed by atoms with Crippen molar-refractivity contribution in [1.82, 2.24) is 9.97 Å². The maximum absolute atomic E-state index is 13.2. The van der Waals surface area contributed by atoms with Gasteiger partial charge < -0.3 is 34.5 Å². The molecular weight excluding hydrogens is 528 g/mol. The van der Waals surface area contributed by atoms with Crippen LogP contribution in [0.25, 0.3) is 22.3 Å². The maximum Gasteiger partial charge on any atom is 0.337 e. The number of carbonyl (C=O) groups excluding carboxylic acids is 1. The summed E-state index contributed by atoms with van der Waals surface area (Å²) in [5.41, 5.74) is 2.78. The topological polar surface area (TPSA) is 151 Å². The zero-order valence-electron chi connectivity index (χ0n) is 23.8. The van der Waals surface area contributed by atoms with Gasteiger partial charge in [0.1, 0.15) is 29.9 Å². The van der Waals surface area contributed by atoms with Gasteiger partial charge in [0.25, 0.3) is 5.56 Å². The molecule has 0 radical (unpaired) electrons. The molecule has 1 fully saturated rings.